The summed E-state index contributed by atoms with van der Waals surface area (Å²) in [6.45, 7) is 4.68. The number of piperazine rings is 1. The third kappa shape index (κ3) is 8.04. The van der Waals surface area contributed by atoms with Crippen LogP contribution in [0.15, 0.2) is 79.3 Å². The van der Waals surface area contributed by atoms with E-state index in [-0.39, 0.29) is 30.1 Å². The van der Waals surface area contributed by atoms with Gasteiger partial charge in [-0.25, -0.2) is 14.8 Å². The van der Waals surface area contributed by atoms with E-state index in [2.05, 4.69) is 25.2 Å². The fourth-order valence-electron chi connectivity index (χ4n) is 5.65. The van der Waals surface area contributed by atoms with Crippen molar-refractivity contribution in [3.05, 3.63) is 96.1 Å². The average molecular weight is 651 g/mol. The maximum absolute atomic E-state index is 13.3. The van der Waals surface area contributed by atoms with Crippen molar-refractivity contribution in [3.8, 4) is 11.3 Å². The normalized spacial score (nSPS) is 14.8. The van der Waals surface area contributed by atoms with Crippen molar-refractivity contribution in [1.82, 2.24) is 24.8 Å². The number of aromatic nitrogens is 3. The van der Waals surface area contributed by atoms with Crippen LogP contribution in [0.4, 0.5) is 22.0 Å². The van der Waals surface area contributed by atoms with Gasteiger partial charge in [-0.15, -0.1) is 0 Å². The number of nitrogen functional groups attached to an aromatic ring is 1. The van der Waals surface area contributed by atoms with E-state index in [1.807, 2.05) is 60.7 Å². The summed E-state index contributed by atoms with van der Waals surface area (Å²) >= 11 is 0. The Labute approximate surface area is 278 Å². The highest BCUT2D eigenvalue weighted by Gasteiger charge is 2.25. The lowest BCUT2D eigenvalue weighted by Gasteiger charge is -2.34. The Morgan fingerprint density at radius 2 is 1.58 bits per heavy atom. The van der Waals surface area contributed by atoms with Crippen LogP contribution in [0.1, 0.15) is 28.0 Å². The van der Waals surface area contributed by atoms with Gasteiger partial charge in [-0.2, -0.15) is 0 Å². The van der Waals surface area contributed by atoms with Crippen LogP contribution in [0, 0.1) is 0 Å². The molecule has 248 valence electrons. The van der Waals surface area contributed by atoms with E-state index >= 15 is 0 Å². The lowest BCUT2D eigenvalue weighted by Crippen LogP contribution is -2.50. The fraction of sp³-hybridized carbons (Fsp3) is 0.314. The number of pyridine rings is 1. The molecule has 2 fully saturated rings. The number of benzene rings is 2. The zero-order chi connectivity index (χ0) is 33.3. The first kappa shape index (κ1) is 32.4. The van der Waals surface area contributed by atoms with Crippen LogP contribution < -0.4 is 16.0 Å². The number of hydrogen-bond acceptors (Lipinski definition) is 10. The van der Waals surface area contributed by atoms with E-state index in [4.69, 9.17) is 15.2 Å². The molecule has 13 heteroatoms. The summed E-state index contributed by atoms with van der Waals surface area (Å²) in [7, 11) is 0. The molecule has 3 N–H and O–H groups in total. The first-order valence-corrected chi connectivity index (χ1v) is 16.0. The van der Waals surface area contributed by atoms with Crippen molar-refractivity contribution >= 4 is 35.1 Å². The highest BCUT2D eigenvalue weighted by Crippen LogP contribution is 2.27. The molecule has 0 bridgehead atoms. The van der Waals surface area contributed by atoms with Crippen LogP contribution in [0.3, 0.4) is 0 Å². The molecule has 3 amide bonds. The number of carbonyl (C=O) groups is 3. The molecule has 2 aromatic heterocycles. The van der Waals surface area contributed by atoms with Crippen molar-refractivity contribution in [3.63, 3.8) is 0 Å². The number of nitrogens with two attached hydrogens (primary N) is 1. The Bertz CT molecular complexity index is 1720. The number of nitrogens with zero attached hydrogens (tertiary/aromatic N) is 6. The minimum Gasteiger partial charge on any atom is -0.445 e. The molecule has 4 aromatic rings. The number of morpholine rings is 1. The molecule has 6 rings (SSSR count). The summed E-state index contributed by atoms with van der Waals surface area (Å²) in [6.07, 6.45) is 5.37. The number of hydrogen-bond donors (Lipinski definition) is 2. The van der Waals surface area contributed by atoms with Gasteiger partial charge in [-0.1, -0.05) is 54.6 Å². The Hall–Kier alpha value is -5.56. The quantitative estimate of drug-likeness (QED) is 0.274. The molecule has 0 aliphatic carbocycles. The van der Waals surface area contributed by atoms with Crippen LogP contribution in [0.5, 0.6) is 0 Å². The number of nitrogens with one attached hydrogen (secondary N) is 1. The minimum absolute atomic E-state index is 0.0171. The molecule has 2 aliphatic heterocycles. The molecule has 13 nitrogen and oxygen atoms in total. The molecule has 4 heterocycles. The van der Waals surface area contributed by atoms with E-state index < -0.39 is 5.91 Å². The van der Waals surface area contributed by atoms with Gasteiger partial charge in [-0.05, 0) is 23.6 Å². The van der Waals surface area contributed by atoms with Gasteiger partial charge in [0.1, 0.15) is 6.61 Å². The summed E-state index contributed by atoms with van der Waals surface area (Å²) in [5, 5.41) is 2.90. The fourth-order valence-corrected chi connectivity index (χ4v) is 5.65. The van der Waals surface area contributed by atoms with E-state index in [9.17, 15) is 14.4 Å². The standard InChI is InChI=1S/C35H38N8O5/c36-33-32(34(45)40-29-22-37-13-12-30(29)41-18-20-47-21-19-41)39-28(23-38-33)27-9-6-25(7-10-27)8-11-31(44)42-14-16-43(17-15-42)35(46)48-24-26-4-2-1-3-5-26/h1-7,9-10,12-13,22-23H,8,11,14-21,24H2,(H2,36,38)(H,40,45). The maximum atomic E-state index is 13.3. The number of rotatable bonds is 9. The van der Waals surface area contributed by atoms with Crippen LogP contribution >= 0.6 is 0 Å². The summed E-state index contributed by atoms with van der Waals surface area (Å²) in [5.74, 6) is -0.417. The zero-order valence-electron chi connectivity index (χ0n) is 26.6. The zero-order valence-corrected chi connectivity index (χ0v) is 26.6. The van der Waals surface area contributed by atoms with Crippen molar-refractivity contribution in [2.24, 2.45) is 0 Å². The molecule has 2 saturated heterocycles. The molecule has 48 heavy (non-hydrogen) atoms. The number of anilines is 3. The van der Waals surface area contributed by atoms with Crippen LogP contribution in [-0.2, 0) is 27.3 Å². The van der Waals surface area contributed by atoms with Crippen LogP contribution in [0.25, 0.3) is 11.3 Å². The van der Waals surface area contributed by atoms with Gasteiger partial charge >= 0.3 is 6.09 Å². The second-order valence-corrected chi connectivity index (χ2v) is 11.5. The second-order valence-electron chi connectivity index (χ2n) is 11.5. The monoisotopic (exact) mass is 650 g/mol. The van der Waals surface area contributed by atoms with Gasteiger partial charge in [0, 0.05) is 57.4 Å². The average Bonchev–Trinajstić information content (AvgIpc) is 3.14. The molecular weight excluding hydrogens is 612 g/mol. The van der Waals surface area contributed by atoms with Gasteiger partial charge in [0.25, 0.3) is 5.91 Å². The smallest absolute Gasteiger partial charge is 0.410 e. The second kappa shape index (κ2) is 15.4. The summed E-state index contributed by atoms with van der Waals surface area (Å²) in [6, 6.07) is 19.0. The highest BCUT2D eigenvalue weighted by molar-refractivity contribution is 6.07. The summed E-state index contributed by atoms with van der Waals surface area (Å²) in [4.78, 5) is 57.2. The molecule has 0 radical (unpaired) electrons. The highest BCUT2D eigenvalue weighted by atomic mass is 16.6. The first-order valence-electron chi connectivity index (χ1n) is 16.0. The summed E-state index contributed by atoms with van der Waals surface area (Å²) in [5.41, 5.74) is 10.7. The van der Waals surface area contributed by atoms with Gasteiger partial charge in [0.2, 0.25) is 5.91 Å². The van der Waals surface area contributed by atoms with E-state index in [1.165, 1.54) is 6.20 Å². The van der Waals surface area contributed by atoms with Gasteiger partial charge < -0.3 is 35.2 Å². The van der Waals surface area contributed by atoms with Crippen LogP contribution in [-0.4, -0.2) is 95.1 Å². The molecule has 2 aliphatic rings. The number of amides is 3. The minimum atomic E-state index is -0.482. The number of ether oxygens (including phenoxy) is 2. The molecule has 0 spiro atoms. The van der Waals surface area contributed by atoms with Crippen molar-refractivity contribution < 1.29 is 23.9 Å². The van der Waals surface area contributed by atoms with Crippen molar-refractivity contribution in [2.45, 2.75) is 19.4 Å². The topological polar surface area (TPSA) is 156 Å². The molecule has 0 atom stereocenters. The van der Waals surface area contributed by atoms with Gasteiger partial charge in [0.15, 0.2) is 11.5 Å². The lowest BCUT2D eigenvalue weighted by molar-refractivity contribution is -0.132. The predicted octanol–water partition coefficient (Wildman–Crippen LogP) is 3.62. The third-order valence-electron chi connectivity index (χ3n) is 8.39. The number of aryl methyl sites for hydroxylation is 1. The Morgan fingerprint density at radius 1 is 0.854 bits per heavy atom. The Kier molecular flexibility index (Phi) is 10.4. The Morgan fingerprint density at radius 3 is 2.33 bits per heavy atom. The van der Waals surface area contributed by atoms with Crippen LogP contribution in [0.2, 0.25) is 0 Å². The van der Waals surface area contributed by atoms with E-state index in [0.717, 1.165) is 22.4 Å². The summed E-state index contributed by atoms with van der Waals surface area (Å²) < 4.78 is 10.9. The van der Waals surface area contributed by atoms with Gasteiger partial charge in [0.05, 0.1) is 42.7 Å². The lowest BCUT2D eigenvalue weighted by atomic mass is 10.1. The van der Waals surface area contributed by atoms with Crippen molar-refractivity contribution in [1.29, 1.82) is 0 Å². The maximum Gasteiger partial charge on any atom is 0.410 e. The van der Waals surface area contributed by atoms with Gasteiger partial charge in [-0.3, -0.25) is 14.6 Å². The molecule has 2 aromatic carbocycles. The predicted molar refractivity (Wildman–Crippen MR) is 180 cm³/mol. The SMILES string of the molecule is Nc1ncc(-c2ccc(CCC(=O)N3CCN(C(=O)OCc4ccccc4)CC3)cc2)nc1C(=O)Nc1cnccc1N1CCOCC1. The largest absolute Gasteiger partial charge is 0.445 e. The van der Waals surface area contributed by atoms with E-state index in [1.54, 1.807) is 22.2 Å². The number of carbonyl (C=O) groups excluding carboxylic acids is 3. The molecule has 0 saturated carbocycles. The van der Waals surface area contributed by atoms with Crippen molar-refractivity contribution in [2.75, 3.05) is 68.4 Å². The Balaban J connectivity index is 1.00. The van der Waals surface area contributed by atoms with E-state index in [0.29, 0.717) is 76.7 Å². The molecular formula is C35H38N8O5. The molecule has 0 unspecified atom stereocenters. The third-order valence-corrected chi connectivity index (χ3v) is 8.39. The first-order chi connectivity index (χ1) is 23.4.